The van der Waals surface area contributed by atoms with Gasteiger partial charge in [-0.25, -0.2) is 0 Å². The number of aromatic nitrogens is 4. The number of aliphatic hydroxyl groups is 1. The lowest BCUT2D eigenvalue weighted by Crippen LogP contribution is -2.38. The maximum Gasteiger partial charge on any atom is 0.253 e. The van der Waals surface area contributed by atoms with E-state index in [-0.39, 0.29) is 30.6 Å². The molecule has 1 amide bonds. The molecule has 9 nitrogen and oxygen atoms in total. The lowest BCUT2D eigenvalue weighted by Gasteiger charge is -2.41. The van der Waals surface area contributed by atoms with Gasteiger partial charge in [0.15, 0.2) is 11.4 Å². The summed E-state index contributed by atoms with van der Waals surface area (Å²) < 4.78 is 14.9. The van der Waals surface area contributed by atoms with Crippen LogP contribution in [0, 0.1) is 5.92 Å². The highest BCUT2D eigenvalue weighted by molar-refractivity contribution is 7.99. The first-order valence-electron chi connectivity index (χ1n) is 12.8. The number of pyridine rings is 1. The zero-order chi connectivity index (χ0) is 27.2. The molecule has 3 heterocycles. The van der Waals surface area contributed by atoms with Gasteiger partial charge in [-0.05, 0) is 28.8 Å². The summed E-state index contributed by atoms with van der Waals surface area (Å²) in [6, 6.07) is 19.2. The number of benzene rings is 2. The fourth-order valence-corrected chi connectivity index (χ4v) is 5.50. The third-order valence-electron chi connectivity index (χ3n) is 6.80. The van der Waals surface area contributed by atoms with Crippen molar-refractivity contribution in [3.63, 3.8) is 0 Å². The predicted octanol–water partition coefficient (Wildman–Crippen LogP) is 4.22. The number of aryl methyl sites for hydroxylation is 1. The summed E-state index contributed by atoms with van der Waals surface area (Å²) in [6.45, 7) is 2.53. The first-order chi connectivity index (χ1) is 19.0. The second-order valence-electron chi connectivity index (χ2n) is 9.52. The molecule has 1 aliphatic rings. The molecular weight excluding hydrogens is 514 g/mol. The molecule has 10 heteroatoms. The van der Waals surface area contributed by atoms with Gasteiger partial charge in [-0.15, -0.1) is 10.2 Å². The van der Waals surface area contributed by atoms with Crippen molar-refractivity contribution in [3.8, 4) is 0 Å². The predicted molar refractivity (Wildman–Crippen MR) is 147 cm³/mol. The van der Waals surface area contributed by atoms with E-state index in [0.29, 0.717) is 17.9 Å². The number of hydrogen-bond acceptors (Lipinski definition) is 8. The highest BCUT2D eigenvalue weighted by atomic mass is 32.2. The molecule has 1 saturated heterocycles. The number of thioether (sulfide) groups is 1. The van der Waals surface area contributed by atoms with Crippen LogP contribution >= 0.6 is 11.8 Å². The van der Waals surface area contributed by atoms with Crippen molar-refractivity contribution >= 4 is 17.7 Å². The molecule has 0 bridgehead atoms. The van der Waals surface area contributed by atoms with Crippen LogP contribution < -0.4 is 5.32 Å². The van der Waals surface area contributed by atoms with E-state index in [0.717, 1.165) is 27.4 Å². The Hall–Kier alpha value is -3.57. The van der Waals surface area contributed by atoms with E-state index in [9.17, 15) is 9.90 Å². The maximum atomic E-state index is 12.4. The topological polar surface area (TPSA) is 111 Å². The van der Waals surface area contributed by atoms with Gasteiger partial charge >= 0.3 is 0 Å². The van der Waals surface area contributed by atoms with Crippen LogP contribution in [0.1, 0.15) is 51.9 Å². The Balaban J connectivity index is 1.30. The van der Waals surface area contributed by atoms with Gasteiger partial charge in [0.25, 0.3) is 5.91 Å². The fourth-order valence-electron chi connectivity index (χ4n) is 4.44. The third-order valence-corrected chi connectivity index (χ3v) is 7.92. The lowest BCUT2D eigenvalue weighted by atomic mass is 9.91. The molecule has 0 spiro atoms. The molecule has 1 aliphatic heterocycles. The van der Waals surface area contributed by atoms with E-state index in [1.165, 1.54) is 0 Å². The van der Waals surface area contributed by atoms with E-state index in [1.54, 1.807) is 42.6 Å². The van der Waals surface area contributed by atoms with Crippen molar-refractivity contribution in [1.29, 1.82) is 0 Å². The summed E-state index contributed by atoms with van der Waals surface area (Å²) in [5.74, 6) is 0.597. The quantitative estimate of drug-likeness (QED) is 0.301. The normalized spacial score (nSPS) is 21.0. The number of hydrogen-bond donors (Lipinski definition) is 2. The standard InChI is InChI=1S/C29H31N5O4S/c1-19-25(17-39-29-33-32-18-34(29)2)37-28(38-26(19)22-9-7-21(16-35)8-10-22)23-11-5-20(6-12-23)14-31-27(36)24-4-3-13-30-15-24/h3-13,15,18-19,25-26,28,35H,14,16-17H2,1-2H3,(H,31,36)/t19-,25+,26+,28+/m1/s1. The summed E-state index contributed by atoms with van der Waals surface area (Å²) in [5, 5.41) is 21.4. The molecule has 2 aromatic heterocycles. The summed E-state index contributed by atoms with van der Waals surface area (Å²) in [5.41, 5.74) is 4.28. The first-order valence-corrected chi connectivity index (χ1v) is 13.7. The minimum absolute atomic E-state index is 0.000894. The number of nitrogens with zero attached hydrogens (tertiary/aromatic N) is 4. The zero-order valence-corrected chi connectivity index (χ0v) is 22.6. The van der Waals surface area contributed by atoms with Gasteiger partial charge < -0.3 is 24.5 Å². The number of amides is 1. The average Bonchev–Trinajstić information content (AvgIpc) is 3.40. The second-order valence-corrected chi connectivity index (χ2v) is 10.5. The third kappa shape index (κ3) is 6.54. The zero-order valence-electron chi connectivity index (χ0n) is 21.8. The van der Waals surface area contributed by atoms with Crippen molar-refractivity contribution in [2.45, 2.75) is 43.7 Å². The highest BCUT2D eigenvalue weighted by Gasteiger charge is 2.38. The lowest BCUT2D eigenvalue weighted by molar-refractivity contribution is -0.268. The van der Waals surface area contributed by atoms with E-state index < -0.39 is 6.29 Å². The van der Waals surface area contributed by atoms with Gasteiger partial charge in [-0.3, -0.25) is 9.78 Å². The van der Waals surface area contributed by atoms with Crippen LogP contribution in [0.5, 0.6) is 0 Å². The Labute approximate surface area is 231 Å². The molecule has 0 unspecified atom stereocenters. The fraction of sp³-hybridized carbons (Fsp3) is 0.310. The average molecular weight is 546 g/mol. The summed E-state index contributed by atoms with van der Waals surface area (Å²) >= 11 is 1.61. The van der Waals surface area contributed by atoms with Crippen LogP contribution in [0.25, 0.3) is 0 Å². The molecule has 5 rings (SSSR count). The minimum Gasteiger partial charge on any atom is -0.392 e. The molecular formula is C29H31N5O4S. The molecule has 0 radical (unpaired) electrons. The second kappa shape index (κ2) is 12.5. The molecule has 2 N–H and O–H groups in total. The number of aliphatic hydroxyl groups excluding tert-OH is 1. The van der Waals surface area contributed by atoms with Gasteiger partial charge in [0.1, 0.15) is 6.33 Å². The molecule has 39 heavy (non-hydrogen) atoms. The van der Waals surface area contributed by atoms with Crippen LogP contribution in [-0.2, 0) is 29.7 Å². The van der Waals surface area contributed by atoms with Gasteiger partial charge in [-0.2, -0.15) is 0 Å². The van der Waals surface area contributed by atoms with Gasteiger partial charge in [0, 0.05) is 43.2 Å². The van der Waals surface area contributed by atoms with Crippen molar-refractivity contribution in [3.05, 3.63) is 107 Å². The molecule has 4 atom stereocenters. The van der Waals surface area contributed by atoms with Gasteiger partial charge in [-0.1, -0.05) is 67.2 Å². The number of carbonyl (C=O) groups excluding carboxylic acids is 1. The van der Waals surface area contributed by atoms with E-state index in [1.807, 2.05) is 60.1 Å². The Bertz CT molecular complexity index is 1360. The van der Waals surface area contributed by atoms with Crippen LogP contribution in [0.4, 0.5) is 0 Å². The highest BCUT2D eigenvalue weighted by Crippen LogP contribution is 2.42. The van der Waals surface area contributed by atoms with Crippen LogP contribution in [0.3, 0.4) is 0 Å². The smallest absolute Gasteiger partial charge is 0.253 e. The molecule has 1 fully saturated rings. The maximum absolute atomic E-state index is 12.4. The molecule has 0 aliphatic carbocycles. The summed E-state index contributed by atoms with van der Waals surface area (Å²) in [7, 11) is 1.92. The SMILES string of the molecule is C[C@@H]1[C@H](CSc2nncn2C)O[C@H](c2ccc(CNC(=O)c3cccnc3)cc2)O[C@@H]1c1ccc(CO)cc1. The first kappa shape index (κ1) is 27.0. The van der Waals surface area contributed by atoms with Crippen molar-refractivity contribution in [1.82, 2.24) is 25.1 Å². The number of rotatable bonds is 9. The number of carbonyl (C=O) groups is 1. The summed E-state index contributed by atoms with van der Waals surface area (Å²) in [4.78, 5) is 16.4. The monoisotopic (exact) mass is 545 g/mol. The van der Waals surface area contributed by atoms with Crippen LogP contribution in [0.15, 0.2) is 84.5 Å². The van der Waals surface area contributed by atoms with Gasteiger partial charge in [0.2, 0.25) is 0 Å². The van der Waals surface area contributed by atoms with Crippen molar-refractivity contribution in [2.24, 2.45) is 13.0 Å². The van der Waals surface area contributed by atoms with E-state index >= 15 is 0 Å². The van der Waals surface area contributed by atoms with Crippen LogP contribution in [-0.4, -0.2) is 42.6 Å². The molecule has 4 aromatic rings. The van der Waals surface area contributed by atoms with Gasteiger partial charge in [0.05, 0.1) is 24.4 Å². The Morgan fingerprint density at radius 3 is 2.46 bits per heavy atom. The number of ether oxygens (including phenoxy) is 2. The van der Waals surface area contributed by atoms with E-state index in [4.69, 9.17) is 9.47 Å². The largest absolute Gasteiger partial charge is 0.392 e. The van der Waals surface area contributed by atoms with Crippen LogP contribution in [0.2, 0.25) is 0 Å². The number of nitrogens with one attached hydrogen (secondary N) is 1. The Morgan fingerprint density at radius 2 is 1.79 bits per heavy atom. The Kier molecular flexibility index (Phi) is 8.67. The molecule has 2 aromatic carbocycles. The summed E-state index contributed by atoms with van der Waals surface area (Å²) in [6.07, 6.45) is 4.01. The minimum atomic E-state index is -0.562. The molecule has 202 valence electrons. The van der Waals surface area contributed by atoms with Crippen molar-refractivity contribution < 1.29 is 19.4 Å². The Morgan fingerprint density at radius 1 is 1.05 bits per heavy atom. The van der Waals surface area contributed by atoms with Crippen molar-refractivity contribution in [2.75, 3.05) is 5.75 Å². The molecule has 0 saturated carbocycles. The van der Waals surface area contributed by atoms with E-state index in [2.05, 4.69) is 27.4 Å².